The molecule has 1 saturated heterocycles. The molecular formula is C15H32N2. The Labute approximate surface area is 108 Å². The molecule has 1 aliphatic heterocycles. The number of likely N-dealkylation sites (tertiary alicyclic amines) is 1. The molecule has 2 heteroatoms. The highest BCUT2D eigenvalue weighted by Gasteiger charge is 2.33. The van der Waals surface area contributed by atoms with Gasteiger partial charge in [-0.15, -0.1) is 0 Å². The minimum atomic E-state index is 0.476. The van der Waals surface area contributed by atoms with Crippen molar-refractivity contribution in [3.63, 3.8) is 0 Å². The maximum atomic E-state index is 3.57. The zero-order valence-electron chi connectivity index (χ0n) is 12.6. The summed E-state index contributed by atoms with van der Waals surface area (Å²) in [4.78, 5) is 2.71. The molecule has 0 aromatic carbocycles. The fourth-order valence-corrected chi connectivity index (χ4v) is 2.80. The van der Waals surface area contributed by atoms with Crippen molar-refractivity contribution in [1.82, 2.24) is 10.2 Å². The quantitative estimate of drug-likeness (QED) is 0.718. The smallest absolute Gasteiger partial charge is 0.0218 e. The highest BCUT2D eigenvalue weighted by atomic mass is 15.2. The molecule has 0 bridgehead atoms. The SMILES string of the molecule is CCCNCC(CC)N1CCC(C(C)(C)C)C1. The molecule has 17 heavy (non-hydrogen) atoms. The van der Waals surface area contributed by atoms with Gasteiger partial charge in [0.05, 0.1) is 0 Å². The van der Waals surface area contributed by atoms with Gasteiger partial charge in [-0.2, -0.15) is 0 Å². The van der Waals surface area contributed by atoms with Crippen LogP contribution in [-0.4, -0.2) is 37.1 Å². The maximum Gasteiger partial charge on any atom is 0.0218 e. The van der Waals surface area contributed by atoms with Gasteiger partial charge in [-0.1, -0.05) is 34.6 Å². The first-order chi connectivity index (χ1) is 7.99. The van der Waals surface area contributed by atoms with E-state index in [1.54, 1.807) is 0 Å². The van der Waals surface area contributed by atoms with Gasteiger partial charge in [0.25, 0.3) is 0 Å². The van der Waals surface area contributed by atoms with E-state index in [2.05, 4.69) is 44.8 Å². The van der Waals surface area contributed by atoms with Crippen molar-refractivity contribution in [3.05, 3.63) is 0 Å². The van der Waals surface area contributed by atoms with Crippen LogP contribution in [0.1, 0.15) is 53.9 Å². The lowest BCUT2D eigenvalue weighted by atomic mass is 9.80. The van der Waals surface area contributed by atoms with E-state index in [0.717, 1.165) is 18.5 Å². The third-order valence-corrected chi connectivity index (χ3v) is 4.24. The summed E-state index contributed by atoms with van der Waals surface area (Å²) < 4.78 is 0. The lowest BCUT2D eigenvalue weighted by Crippen LogP contribution is -2.41. The number of nitrogens with one attached hydrogen (secondary N) is 1. The molecule has 2 nitrogen and oxygen atoms in total. The molecule has 2 atom stereocenters. The summed E-state index contributed by atoms with van der Waals surface area (Å²) in [6.07, 6.45) is 3.89. The molecule has 0 radical (unpaired) electrons. The van der Waals surface area contributed by atoms with Gasteiger partial charge in [0.1, 0.15) is 0 Å². The first kappa shape index (κ1) is 15.0. The molecule has 1 N–H and O–H groups in total. The van der Waals surface area contributed by atoms with Crippen LogP contribution in [0.15, 0.2) is 0 Å². The Hall–Kier alpha value is -0.0800. The van der Waals surface area contributed by atoms with Crippen LogP contribution in [0.5, 0.6) is 0 Å². The molecule has 1 aliphatic rings. The lowest BCUT2D eigenvalue weighted by Gasteiger charge is -2.30. The van der Waals surface area contributed by atoms with Gasteiger partial charge in [0, 0.05) is 19.1 Å². The summed E-state index contributed by atoms with van der Waals surface area (Å²) in [6.45, 7) is 16.6. The largest absolute Gasteiger partial charge is 0.315 e. The number of rotatable bonds is 6. The first-order valence-corrected chi connectivity index (χ1v) is 7.43. The zero-order chi connectivity index (χ0) is 12.9. The van der Waals surface area contributed by atoms with Crippen LogP contribution >= 0.6 is 0 Å². The molecule has 0 aliphatic carbocycles. The molecule has 1 rings (SSSR count). The summed E-state index contributed by atoms with van der Waals surface area (Å²) in [5, 5.41) is 3.57. The van der Waals surface area contributed by atoms with Crippen molar-refractivity contribution in [3.8, 4) is 0 Å². The molecule has 0 spiro atoms. The normalized spacial score (nSPS) is 24.2. The van der Waals surface area contributed by atoms with Crippen LogP contribution in [0, 0.1) is 11.3 Å². The van der Waals surface area contributed by atoms with E-state index in [1.165, 1.54) is 38.9 Å². The first-order valence-electron chi connectivity index (χ1n) is 7.43. The highest BCUT2D eigenvalue weighted by Crippen LogP contribution is 2.34. The van der Waals surface area contributed by atoms with Crippen LogP contribution in [-0.2, 0) is 0 Å². The Morgan fingerprint density at radius 3 is 2.47 bits per heavy atom. The van der Waals surface area contributed by atoms with Gasteiger partial charge in [-0.3, -0.25) is 4.90 Å². The Morgan fingerprint density at radius 1 is 1.29 bits per heavy atom. The maximum absolute atomic E-state index is 3.57. The van der Waals surface area contributed by atoms with E-state index in [4.69, 9.17) is 0 Å². The molecule has 102 valence electrons. The molecule has 1 heterocycles. The number of hydrogen-bond donors (Lipinski definition) is 1. The molecule has 0 amide bonds. The van der Waals surface area contributed by atoms with Gasteiger partial charge >= 0.3 is 0 Å². The summed E-state index contributed by atoms with van der Waals surface area (Å²) in [6, 6.07) is 0.744. The van der Waals surface area contributed by atoms with E-state index >= 15 is 0 Å². The summed E-state index contributed by atoms with van der Waals surface area (Å²) >= 11 is 0. The summed E-state index contributed by atoms with van der Waals surface area (Å²) in [7, 11) is 0. The Balaban J connectivity index is 2.39. The lowest BCUT2D eigenvalue weighted by molar-refractivity contribution is 0.188. The van der Waals surface area contributed by atoms with E-state index in [1.807, 2.05) is 0 Å². The second-order valence-electron chi connectivity index (χ2n) is 6.61. The van der Waals surface area contributed by atoms with E-state index < -0.39 is 0 Å². The standard InChI is InChI=1S/C15H32N2/c1-6-9-16-11-14(7-2)17-10-8-13(12-17)15(3,4)5/h13-14,16H,6-12H2,1-5H3. The van der Waals surface area contributed by atoms with Gasteiger partial charge in [-0.05, 0) is 43.7 Å². The fraction of sp³-hybridized carbons (Fsp3) is 1.00. The van der Waals surface area contributed by atoms with Crippen LogP contribution in [0.2, 0.25) is 0 Å². The van der Waals surface area contributed by atoms with Crippen LogP contribution < -0.4 is 5.32 Å². The average molecular weight is 240 g/mol. The molecule has 1 fully saturated rings. The highest BCUT2D eigenvalue weighted by molar-refractivity contribution is 4.87. The van der Waals surface area contributed by atoms with Crippen LogP contribution in [0.4, 0.5) is 0 Å². The van der Waals surface area contributed by atoms with Gasteiger partial charge in [0.2, 0.25) is 0 Å². The van der Waals surface area contributed by atoms with Crippen molar-refractivity contribution in [2.45, 2.75) is 59.9 Å². The summed E-state index contributed by atoms with van der Waals surface area (Å²) in [5.41, 5.74) is 0.476. The topological polar surface area (TPSA) is 15.3 Å². The van der Waals surface area contributed by atoms with Crippen molar-refractivity contribution in [1.29, 1.82) is 0 Å². The van der Waals surface area contributed by atoms with Crippen molar-refractivity contribution >= 4 is 0 Å². The van der Waals surface area contributed by atoms with E-state index in [9.17, 15) is 0 Å². The summed E-state index contributed by atoms with van der Waals surface area (Å²) in [5.74, 6) is 0.878. The van der Waals surface area contributed by atoms with E-state index in [0.29, 0.717) is 5.41 Å². The molecule has 0 saturated carbocycles. The molecular weight excluding hydrogens is 208 g/mol. The molecule has 2 unspecified atom stereocenters. The monoisotopic (exact) mass is 240 g/mol. The third kappa shape index (κ3) is 4.59. The zero-order valence-corrected chi connectivity index (χ0v) is 12.6. The average Bonchev–Trinajstić information content (AvgIpc) is 2.73. The Bertz CT molecular complexity index is 207. The van der Waals surface area contributed by atoms with Crippen molar-refractivity contribution < 1.29 is 0 Å². The molecule has 0 aromatic rings. The fourth-order valence-electron chi connectivity index (χ4n) is 2.80. The van der Waals surface area contributed by atoms with Gasteiger partial charge in [0.15, 0.2) is 0 Å². The second kappa shape index (κ2) is 6.75. The van der Waals surface area contributed by atoms with Crippen molar-refractivity contribution in [2.24, 2.45) is 11.3 Å². The van der Waals surface area contributed by atoms with E-state index in [-0.39, 0.29) is 0 Å². The van der Waals surface area contributed by atoms with Gasteiger partial charge in [-0.25, -0.2) is 0 Å². The Kier molecular flexibility index (Phi) is 5.94. The van der Waals surface area contributed by atoms with Crippen LogP contribution in [0.25, 0.3) is 0 Å². The predicted octanol–water partition coefficient (Wildman–Crippen LogP) is 3.13. The Morgan fingerprint density at radius 2 is 2.00 bits per heavy atom. The van der Waals surface area contributed by atoms with Crippen LogP contribution in [0.3, 0.4) is 0 Å². The minimum Gasteiger partial charge on any atom is -0.315 e. The minimum absolute atomic E-state index is 0.476. The predicted molar refractivity (Wildman–Crippen MR) is 76.4 cm³/mol. The van der Waals surface area contributed by atoms with Crippen molar-refractivity contribution in [2.75, 3.05) is 26.2 Å². The second-order valence-corrected chi connectivity index (χ2v) is 6.61. The number of nitrogens with zero attached hydrogens (tertiary/aromatic N) is 1. The van der Waals surface area contributed by atoms with Gasteiger partial charge < -0.3 is 5.32 Å². The molecule has 0 aromatic heterocycles. The third-order valence-electron chi connectivity index (χ3n) is 4.24. The number of hydrogen-bond acceptors (Lipinski definition) is 2.